The highest BCUT2D eigenvalue weighted by atomic mass is 35.5. The largest absolute Gasteiger partial charge is 0.389 e. The summed E-state index contributed by atoms with van der Waals surface area (Å²) in [5, 5.41) is 13.3. The van der Waals surface area contributed by atoms with Crippen LogP contribution in [0.4, 0.5) is 11.8 Å². The molecule has 1 aromatic heterocycles. The number of nitrogens with one attached hydrogen (secondary N) is 1. The molecule has 108 valence electrons. The lowest BCUT2D eigenvalue weighted by molar-refractivity contribution is 0.0694. The fourth-order valence-corrected chi connectivity index (χ4v) is 1.83. The zero-order chi connectivity index (χ0) is 14.3. The van der Waals surface area contributed by atoms with E-state index < -0.39 is 6.10 Å². The van der Waals surface area contributed by atoms with E-state index in [4.69, 9.17) is 16.3 Å². The van der Waals surface area contributed by atoms with E-state index in [1.807, 2.05) is 7.05 Å². The molecule has 1 unspecified atom stereocenters. The molecule has 0 saturated heterocycles. The molecule has 7 heteroatoms. The third-order valence-corrected chi connectivity index (χ3v) is 2.73. The van der Waals surface area contributed by atoms with E-state index in [1.54, 1.807) is 18.2 Å². The van der Waals surface area contributed by atoms with Gasteiger partial charge in [-0.15, -0.1) is 0 Å². The average molecular weight is 289 g/mol. The lowest BCUT2D eigenvalue weighted by atomic mass is 10.3. The fourth-order valence-electron chi connectivity index (χ4n) is 1.60. The smallest absolute Gasteiger partial charge is 0.224 e. The van der Waals surface area contributed by atoms with Crippen molar-refractivity contribution in [3.05, 3.63) is 11.2 Å². The molecule has 0 aliphatic carbocycles. The highest BCUT2D eigenvalue weighted by Gasteiger charge is 2.14. The van der Waals surface area contributed by atoms with Crippen LogP contribution in [0.5, 0.6) is 0 Å². The molecule has 2 N–H and O–H groups in total. The number of hydrogen-bond donors (Lipinski definition) is 2. The Morgan fingerprint density at radius 3 is 2.95 bits per heavy atom. The highest BCUT2D eigenvalue weighted by Crippen LogP contribution is 2.22. The van der Waals surface area contributed by atoms with Crippen molar-refractivity contribution in [2.24, 2.45) is 0 Å². The quantitative estimate of drug-likeness (QED) is 0.753. The number of methoxy groups -OCH3 is 1. The summed E-state index contributed by atoms with van der Waals surface area (Å²) in [4.78, 5) is 10.2. The van der Waals surface area contributed by atoms with Crippen molar-refractivity contribution in [2.75, 3.05) is 44.1 Å². The first-order valence-corrected chi connectivity index (χ1v) is 6.60. The second-order valence-electron chi connectivity index (χ2n) is 4.28. The summed E-state index contributed by atoms with van der Waals surface area (Å²) >= 11 is 6.08. The fraction of sp³-hybridized carbons (Fsp3) is 0.667. The Labute approximate surface area is 118 Å². The number of likely N-dealkylation sites (N-methyl/N-ethyl adjacent to an activating group) is 1. The molecule has 0 aromatic carbocycles. The van der Waals surface area contributed by atoms with Gasteiger partial charge in [-0.25, -0.2) is 4.98 Å². The van der Waals surface area contributed by atoms with Gasteiger partial charge >= 0.3 is 0 Å². The third kappa shape index (κ3) is 5.18. The number of aliphatic hydroxyl groups is 1. The minimum atomic E-state index is -0.590. The first kappa shape index (κ1) is 15.9. The molecule has 1 heterocycles. The van der Waals surface area contributed by atoms with Crippen molar-refractivity contribution >= 4 is 23.4 Å². The van der Waals surface area contributed by atoms with Crippen molar-refractivity contribution in [3.63, 3.8) is 0 Å². The maximum atomic E-state index is 9.71. The number of hydrogen-bond acceptors (Lipinski definition) is 6. The van der Waals surface area contributed by atoms with Crippen LogP contribution >= 0.6 is 11.6 Å². The Morgan fingerprint density at radius 2 is 2.32 bits per heavy atom. The summed E-state index contributed by atoms with van der Waals surface area (Å²) in [6.45, 7) is 3.53. The lowest BCUT2D eigenvalue weighted by Crippen LogP contribution is -2.32. The van der Waals surface area contributed by atoms with E-state index in [1.165, 1.54) is 0 Å². The number of anilines is 2. The van der Waals surface area contributed by atoms with E-state index in [0.29, 0.717) is 23.3 Å². The van der Waals surface area contributed by atoms with E-state index in [-0.39, 0.29) is 6.61 Å². The lowest BCUT2D eigenvalue weighted by Gasteiger charge is -2.22. The topological polar surface area (TPSA) is 70.5 Å². The molecule has 0 spiro atoms. The first-order chi connectivity index (χ1) is 9.08. The van der Waals surface area contributed by atoms with Crippen LogP contribution in [0.2, 0.25) is 5.02 Å². The van der Waals surface area contributed by atoms with Gasteiger partial charge in [-0.2, -0.15) is 4.98 Å². The molecular weight excluding hydrogens is 268 g/mol. The third-order valence-electron chi connectivity index (χ3n) is 2.46. The van der Waals surface area contributed by atoms with E-state index in [9.17, 15) is 5.11 Å². The van der Waals surface area contributed by atoms with Crippen molar-refractivity contribution in [1.82, 2.24) is 9.97 Å². The predicted octanol–water partition coefficient (Wildman–Crippen LogP) is 1.40. The second-order valence-corrected chi connectivity index (χ2v) is 4.69. The molecule has 0 amide bonds. The minimum Gasteiger partial charge on any atom is -0.389 e. The summed E-state index contributed by atoms with van der Waals surface area (Å²) in [5.41, 5.74) is 0. The number of aliphatic hydroxyl groups excluding tert-OH is 1. The van der Waals surface area contributed by atoms with E-state index in [2.05, 4.69) is 22.2 Å². The Bertz CT molecular complexity index is 392. The van der Waals surface area contributed by atoms with Gasteiger partial charge in [0.15, 0.2) is 5.82 Å². The molecule has 0 bridgehead atoms. The number of aromatic nitrogens is 2. The van der Waals surface area contributed by atoms with Gasteiger partial charge < -0.3 is 20.1 Å². The van der Waals surface area contributed by atoms with Crippen molar-refractivity contribution in [2.45, 2.75) is 19.4 Å². The van der Waals surface area contributed by atoms with Crippen molar-refractivity contribution < 1.29 is 9.84 Å². The molecular formula is C12H21ClN4O2. The average Bonchev–Trinajstić information content (AvgIpc) is 2.37. The van der Waals surface area contributed by atoms with Crippen LogP contribution in [0, 0.1) is 0 Å². The Morgan fingerprint density at radius 1 is 1.58 bits per heavy atom. The molecule has 0 aliphatic heterocycles. The van der Waals surface area contributed by atoms with E-state index >= 15 is 0 Å². The predicted molar refractivity (Wildman–Crippen MR) is 77.0 cm³/mol. The first-order valence-electron chi connectivity index (χ1n) is 6.23. The zero-order valence-electron chi connectivity index (χ0n) is 11.6. The normalized spacial score (nSPS) is 12.3. The van der Waals surface area contributed by atoms with Crippen LogP contribution in [0.3, 0.4) is 0 Å². The summed E-state index contributed by atoms with van der Waals surface area (Å²) in [6, 6.07) is 0. The van der Waals surface area contributed by atoms with Crippen molar-refractivity contribution in [3.8, 4) is 0 Å². The van der Waals surface area contributed by atoms with Crippen LogP contribution in [0.15, 0.2) is 6.20 Å². The molecule has 0 aliphatic rings. The molecule has 1 atom stereocenters. The molecule has 6 nitrogen and oxygen atoms in total. The number of rotatable bonds is 8. The van der Waals surface area contributed by atoms with Gasteiger partial charge in [0.1, 0.15) is 5.02 Å². The van der Waals surface area contributed by atoms with Gasteiger partial charge in [0.05, 0.1) is 18.9 Å². The molecule has 0 saturated carbocycles. The van der Waals surface area contributed by atoms with Gasteiger partial charge in [0.2, 0.25) is 5.95 Å². The number of ether oxygens (including phenoxy) is 1. The summed E-state index contributed by atoms with van der Waals surface area (Å²) in [5.74, 6) is 1.12. The second kappa shape index (κ2) is 8.14. The highest BCUT2D eigenvalue weighted by molar-refractivity contribution is 6.32. The van der Waals surface area contributed by atoms with Crippen LogP contribution < -0.4 is 10.2 Å². The zero-order valence-corrected chi connectivity index (χ0v) is 12.3. The molecule has 0 fully saturated rings. The standard InChI is InChI=1S/C12H21ClN4O2/c1-4-5-14-12-15-6-10(13)11(16-12)17(2)7-9(18)8-19-3/h6,9,18H,4-5,7-8H2,1-3H3,(H,14,15,16). The molecule has 1 aromatic rings. The number of halogens is 1. The van der Waals surface area contributed by atoms with Gasteiger partial charge in [-0.05, 0) is 6.42 Å². The number of nitrogens with zero attached hydrogens (tertiary/aromatic N) is 3. The van der Waals surface area contributed by atoms with Crippen LogP contribution in [-0.2, 0) is 4.74 Å². The minimum absolute atomic E-state index is 0.272. The van der Waals surface area contributed by atoms with Gasteiger partial charge in [0.25, 0.3) is 0 Å². The summed E-state index contributed by atoms with van der Waals surface area (Å²) in [7, 11) is 3.37. The Kier molecular flexibility index (Phi) is 6.83. The van der Waals surface area contributed by atoms with Crippen molar-refractivity contribution in [1.29, 1.82) is 0 Å². The summed E-state index contributed by atoms with van der Waals surface area (Å²) in [6.07, 6.45) is 1.96. The SMILES string of the molecule is CCCNc1ncc(Cl)c(N(C)CC(O)COC)n1. The van der Waals surface area contributed by atoms with Gasteiger partial charge in [-0.3, -0.25) is 0 Å². The van der Waals surface area contributed by atoms with Gasteiger partial charge in [-0.1, -0.05) is 18.5 Å². The monoisotopic (exact) mass is 288 g/mol. The Hall–Kier alpha value is -1.11. The molecule has 19 heavy (non-hydrogen) atoms. The Balaban J connectivity index is 2.74. The molecule has 1 rings (SSSR count). The van der Waals surface area contributed by atoms with Gasteiger partial charge in [0, 0.05) is 27.2 Å². The van der Waals surface area contributed by atoms with Crippen LogP contribution in [0.1, 0.15) is 13.3 Å². The molecule has 0 radical (unpaired) electrons. The summed E-state index contributed by atoms with van der Waals surface area (Å²) < 4.78 is 4.89. The van der Waals surface area contributed by atoms with E-state index in [0.717, 1.165) is 13.0 Å². The maximum Gasteiger partial charge on any atom is 0.224 e. The van der Waals surface area contributed by atoms with Crippen LogP contribution in [0.25, 0.3) is 0 Å². The van der Waals surface area contributed by atoms with Crippen LogP contribution in [-0.4, -0.2) is 55.0 Å². The maximum absolute atomic E-state index is 9.71.